The van der Waals surface area contributed by atoms with Gasteiger partial charge in [0.15, 0.2) is 11.5 Å². The fourth-order valence-electron chi connectivity index (χ4n) is 2.99. The van der Waals surface area contributed by atoms with Gasteiger partial charge < -0.3 is 14.8 Å². The molecule has 0 atom stereocenters. The highest BCUT2D eigenvalue weighted by Crippen LogP contribution is 2.38. The first-order chi connectivity index (χ1) is 9.72. The van der Waals surface area contributed by atoms with Crippen molar-refractivity contribution in [2.24, 2.45) is 5.92 Å². The molecule has 20 heavy (non-hydrogen) atoms. The number of fused-ring (bicyclic) bond motifs is 1. The molecular weight excluding hydrogens is 274 g/mol. The van der Waals surface area contributed by atoms with Gasteiger partial charge in [-0.05, 0) is 49.3 Å². The van der Waals surface area contributed by atoms with E-state index in [1.165, 1.54) is 25.7 Å². The molecule has 0 spiro atoms. The van der Waals surface area contributed by atoms with Crippen LogP contribution in [0.3, 0.4) is 0 Å². The third kappa shape index (κ3) is 3.21. The maximum Gasteiger partial charge on any atom is 0.179 e. The molecule has 1 fully saturated rings. The highest BCUT2D eigenvalue weighted by molar-refractivity contribution is 6.32. The second-order valence-electron chi connectivity index (χ2n) is 5.94. The summed E-state index contributed by atoms with van der Waals surface area (Å²) in [5, 5.41) is 4.29. The molecule has 0 amide bonds. The first-order valence-corrected chi connectivity index (χ1v) is 7.91. The molecule has 1 saturated carbocycles. The van der Waals surface area contributed by atoms with E-state index >= 15 is 0 Å². The van der Waals surface area contributed by atoms with E-state index in [1.807, 2.05) is 12.1 Å². The van der Waals surface area contributed by atoms with Gasteiger partial charge in [0.1, 0.15) is 13.2 Å². The molecule has 110 valence electrons. The molecule has 3 nitrogen and oxygen atoms in total. The van der Waals surface area contributed by atoms with Gasteiger partial charge in [0.05, 0.1) is 5.02 Å². The van der Waals surface area contributed by atoms with Crippen molar-refractivity contribution in [3.05, 3.63) is 22.7 Å². The number of hydrogen-bond acceptors (Lipinski definition) is 3. The highest BCUT2D eigenvalue weighted by atomic mass is 35.5. The van der Waals surface area contributed by atoms with Crippen LogP contribution in [0.25, 0.3) is 0 Å². The molecule has 1 N–H and O–H groups in total. The molecule has 0 saturated heterocycles. The van der Waals surface area contributed by atoms with E-state index in [2.05, 4.69) is 12.2 Å². The maximum atomic E-state index is 6.26. The second kappa shape index (κ2) is 6.23. The van der Waals surface area contributed by atoms with Gasteiger partial charge in [-0.25, -0.2) is 0 Å². The molecule has 4 heteroatoms. The zero-order valence-electron chi connectivity index (χ0n) is 12.0. The Labute approximate surface area is 125 Å². The van der Waals surface area contributed by atoms with Crippen LogP contribution in [0.4, 0.5) is 0 Å². The zero-order valence-corrected chi connectivity index (χ0v) is 12.7. The van der Waals surface area contributed by atoms with Crippen LogP contribution in [-0.4, -0.2) is 19.3 Å². The van der Waals surface area contributed by atoms with E-state index in [0.717, 1.165) is 23.8 Å². The first-order valence-electron chi connectivity index (χ1n) is 7.54. The first kappa shape index (κ1) is 14.0. The Morgan fingerprint density at radius 3 is 2.70 bits per heavy atom. The van der Waals surface area contributed by atoms with Crippen molar-refractivity contribution in [3.8, 4) is 11.5 Å². The molecule has 1 aliphatic heterocycles. The van der Waals surface area contributed by atoms with Crippen LogP contribution >= 0.6 is 11.6 Å². The average Bonchev–Trinajstić information content (AvgIpc) is 2.47. The largest absolute Gasteiger partial charge is 0.486 e. The Bertz CT molecular complexity index is 470. The summed E-state index contributed by atoms with van der Waals surface area (Å²) in [7, 11) is 0. The summed E-state index contributed by atoms with van der Waals surface area (Å²) >= 11 is 6.26. The Morgan fingerprint density at radius 1 is 1.15 bits per heavy atom. The molecule has 1 heterocycles. The number of hydrogen-bond donors (Lipinski definition) is 1. The van der Waals surface area contributed by atoms with Crippen molar-refractivity contribution >= 4 is 11.6 Å². The molecule has 0 bridgehead atoms. The molecule has 1 aliphatic carbocycles. The average molecular weight is 296 g/mol. The second-order valence-corrected chi connectivity index (χ2v) is 6.35. The predicted octanol–water partition coefficient (Wildman–Crippen LogP) is 3.78. The fraction of sp³-hybridized carbons (Fsp3) is 0.625. The van der Waals surface area contributed by atoms with Gasteiger partial charge in [0, 0.05) is 12.6 Å². The standard InChI is InChI=1S/C16H22ClNO2/c1-11-2-4-13(5-3-11)18-10-12-8-14(17)16-15(9-12)19-6-7-20-16/h8-9,11,13,18H,2-7,10H2,1H3. The maximum absolute atomic E-state index is 6.26. The van der Waals surface area contributed by atoms with E-state index in [4.69, 9.17) is 21.1 Å². The minimum atomic E-state index is 0.574. The van der Waals surface area contributed by atoms with Crippen molar-refractivity contribution in [3.63, 3.8) is 0 Å². The van der Waals surface area contributed by atoms with Crippen molar-refractivity contribution < 1.29 is 9.47 Å². The number of halogens is 1. The van der Waals surface area contributed by atoms with Crippen molar-refractivity contribution in [1.29, 1.82) is 0 Å². The number of nitrogens with one attached hydrogen (secondary N) is 1. The summed E-state index contributed by atoms with van der Waals surface area (Å²) in [4.78, 5) is 0. The highest BCUT2D eigenvalue weighted by Gasteiger charge is 2.19. The molecule has 0 aromatic heterocycles. The predicted molar refractivity (Wildman–Crippen MR) is 80.7 cm³/mol. The van der Waals surface area contributed by atoms with Crippen molar-refractivity contribution in [1.82, 2.24) is 5.32 Å². The summed E-state index contributed by atoms with van der Waals surface area (Å²) in [6.45, 7) is 4.36. The summed E-state index contributed by atoms with van der Waals surface area (Å²) < 4.78 is 11.2. The summed E-state index contributed by atoms with van der Waals surface area (Å²) in [6.07, 6.45) is 5.22. The lowest BCUT2D eigenvalue weighted by Crippen LogP contribution is -2.32. The van der Waals surface area contributed by atoms with Crippen LogP contribution in [0.2, 0.25) is 5.02 Å². The topological polar surface area (TPSA) is 30.5 Å². The number of ether oxygens (including phenoxy) is 2. The minimum absolute atomic E-state index is 0.574. The third-order valence-corrected chi connectivity index (χ3v) is 4.55. The van der Waals surface area contributed by atoms with E-state index in [0.29, 0.717) is 30.0 Å². The Balaban J connectivity index is 1.61. The van der Waals surface area contributed by atoms with E-state index in [9.17, 15) is 0 Å². The van der Waals surface area contributed by atoms with Gasteiger partial charge >= 0.3 is 0 Å². The van der Waals surface area contributed by atoms with Gasteiger partial charge in [-0.2, -0.15) is 0 Å². The normalized spacial score (nSPS) is 25.5. The molecule has 0 unspecified atom stereocenters. The van der Waals surface area contributed by atoms with E-state index < -0.39 is 0 Å². The van der Waals surface area contributed by atoms with Crippen molar-refractivity contribution in [2.75, 3.05) is 13.2 Å². The molecule has 1 aromatic carbocycles. The lowest BCUT2D eigenvalue weighted by molar-refractivity contribution is 0.171. The smallest absolute Gasteiger partial charge is 0.179 e. The Hall–Kier alpha value is -0.930. The van der Waals surface area contributed by atoms with Crippen LogP contribution in [0.5, 0.6) is 11.5 Å². The van der Waals surface area contributed by atoms with Gasteiger partial charge in [-0.15, -0.1) is 0 Å². The quantitative estimate of drug-likeness (QED) is 0.920. The Kier molecular flexibility index (Phi) is 4.37. The molecular formula is C16H22ClNO2. The van der Waals surface area contributed by atoms with Gasteiger partial charge in [0.2, 0.25) is 0 Å². The van der Waals surface area contributed by atoms with Crippen LogP contribution in [0, 0.1) is 5.92 Å². The Morgan fingerprint density at radius 2 is 1.90 bits per heavy atom. The van der Waals surface area contributed by atoms with Gasteiger partial charge in [0.25, 0.3) is 0 Å². The monoisotopic (exact) mass is 295 g/mol. The van der Waals surface area contributed by atoms with Crippen LogP contribution in [0.1, 0.15) is 38.2 Å². The zero-order chi connectivity index (χ0) is 13.9. The lowest BCUT2D eigenvalue weighted by Gasteiger charge is -2.27. The lowest BCUT2D eigenvalue weighted by atomic mass is 9.87. The van der Waals surface area contributed by atoms with Crippen LogP contribution < -0.4 is 14.8 Å². The minimum Gasteiger partial charge on any atom is -0.486 e. The summed E-state index contributed by atoms with van der Waals surface area (Å²) in [5.41, 5.74) is 1.16. The molecule has 1 aromatic rings. The molecule has 2 aliphatic rings. The number of benzene rings is 1. The number of rotatable bonds is 3. The van der Waals surface area contributed by atoms with E-state index in [1.54, 1.807) is 0 Å². The van der Waals surface area contributed by atoms with E-state index in [-0.39, 0.29) is 0 Å². The van der Waals surface area contributed by atoms with Gasteiger partial charge in [-0.1, -0.05) is 18.5 Å². The molecule has 0 radical (unpaired) electrons. The summed E-state index contributed by atoms with van der Waals surface area (Å²) in [5.74, 6) is 2.35. The SMILES string of the molecule is CC1CCC(NCc2cc(Cl)c3c(c2)OCCO3)CC1. The van der Waals surface area contributed by atoms with Crippen LogP contribution in [-0.2, 0) is 6.54 Å². The van der Waals surface area contributed by atoms with Gasteiger partial charge in [-0.3, -0.25) is 0 Å². The van der Waals surface area contributed by atoms with Crippen LogP contribution in [0.15, 0.2) is 12.1 Å². The fourth-order valence-corrected chi connectivity index (χ4v) is 3.28. The molecule has 3 rings (SSSR count). The van der Waals surface area contributed by atoms with Crippen molar-refractivity contribution in [2.45, 2.75) is 45.2 Å². The third-order valence-electron chi connectivity index (χ3n) is 4.27. The summed E-state index contributed by atoms with van der Waals surface area (Å²) in [6, 6.07) is 4.66.